The molecule has 28 heavy (non-hydrogen) atoms. The Morgan fingerprint density at radius 1 is 1.32 bits per heavy atom. The van der Waals surface area contributed by atoms with Gasteiger partial charge < -0.3 is 10.4 Å². The number of hydroxylamine groups is 1. The highest BCUT2D eigenvalue weighted by atomic mass is 127. The zero-order chi connectivity index (χ0) is 20.4. The lowest BCUT2D eigenvalue weighted by Gasteiger charge is -2.15. The number of halogens is 5. The first-order valence-corrected chi connectivity index (χ1v) is 10.5. The van der Waals surface area contributed by atoms with Crippen LogP contribution < -0.4 is 10.8 Å². The lowest BCUT2D eigenvalue weighted by molar-refractivity contribution is 0.0248. The van der Waals surface area contributed by atoms with Crippen molar-refractivity contribution in [3.63, 3.8) is 0 Å². The molecule has 1 aliphatic rings. The highest BCUT2D eigenvalue weighted by molar-refractivity contribution is 14.1. The first-order valence-electron chi connectivity index (χ1n) is 8.24. The minimum atomic E-state index is -1.23. The summed E-state index contributed by atoms with van der Waals surface area (Å²) in [5.74, 6) is -2.76. The molecule has 2 aromatic carbocycles. The summed E-state index contributed by atoms with van der Waals surface area (Å²) in [6.45, 7) is 0.302. The zero-order valence-corrected chi connectivity index (χ0v) is 18.7. The molecule has 2 unspecified atom stereocenters. The van der Waals surface area contributed by atoms with E-state index >= 15 is 0 Å². The average Bonchev–Trinajstić information content (AvgIpc) is 3.42. The van der Waals surface area contributed by atoms with Crippen LogP contribution in [0, 0.1) is 27.0 Å². The second kappa shape index (κ2) is 9.21. The molecule has 0 aliphatic heterocycles. The average molecular weight is 588 g/mol. The van der Waals surface area contributed by atoms with E-state index < -0.39 is 17.5 Å². The molecule has 2 aromatic rings. The van der Waals surface area contributed by atoms with Gasteiger partial charge in [-0.15, -0.1) is 0 Å². The van der Waals surface area contributed by atoms with Gasteiger partial charge in [-0.3, -0.25) is 9.63 Å². The lowest BCUT2D eigenvalue weighted by atomic mass is 10.1. The van der Waals surface area contributed by atoms with Crippen LogP contribution in [0.3, 0.4) is 0 Å². The Hall–Kier alpha value is -1.01. The van der Waals surface area contributed by atoms with Crippen LogP contribution in [0.15, 0.2) is 28.7 Å². The molecular formula is C18H15BrClF2IN2O3. The third kappa shape index (κ3) is 4.93. The number of benzene rings is 2. The molecule has 10 heteroatoms. The summed E-state index contributed by atoms with van der Waals surface area (Å²) in [5, 5.41) is 12.0. The lowest BCUT2D eigenvalue weighted by Crippen LogP contribution is -2.26. The van der Waals surface area contributed by atoms with E-state index in [0.29, 0.717) is 10.7 Å². The minimum absolute atomic E-state index is 0.0724. The molecule has 0 heterocycles. The van der Waals surface area contributed by atoms with Crippen molar-refractivity contribution in [3.8, 4) is 0 Å². The van der Waals surface area contributed by atoms with Crippen LogP contribution in [0.25, 0.3) is 0 Å². The van der Waals surface area contributed by atoms with Gasteiger partial charge in [0.2, 0.25) is 0 Å². The summed E-state index contributed by atoms with van der Waals surface area (Å²) in [6, 6.07) is 6.14. The number of aliphatic hydroxyl groups is 1. The van der Waals surface area contributed by atoms with Crippen molar-refractivity contribution < 1.29 is 23.5 Å². The number of hydrogen-bond donors (Lipinski definition) is 3. The predicted molar refractivity (Wildman–Crippen MR) is 114 cm³/mol. The molecule has 1 aliphatic carbocycles. The molecule has 0 saturated heterocycles. The molecule has 0 radical (unpaired) electrons. The standard InChI is InChI=1S/C18H15BrClF2IN2O3/c19-12-5-11(18(27)25-28-7-9-3-8(9)6-26)17(16(22)15(12)21)24-14-2-1-10(23)4-13(14)20/h1-2,4-5,8-9,24,26H,3,6-7H2,(H,25,27). The van der Waals surface area contributed by atoms with E-state index in [0.717, 1.165) is 16.1 Å². The number of carbonyl (C=O) groups excluding carboxylic acids is 1. The van der Waals surface area contributed by atoms with Crippen molar-refractivity contribution in [2.45, 2.75) is 6.42 Å². The van der Waals surface area contributed by atoms with Gasteiger partial charge >= 0.3 is 0 Å². The number of anilines is 2. The fourth-order valence-corrected chi connectivity index (χ4v) is 3.94. The topological polar surface area (TPSA) is 70.6 Å². The molecule has 3 N–H and O–H groups in total. The van der Waals surface area contributed by atoms with Gasteiger partial charge in [-0.25, -0.2) is 14.3 Å². The van der Waals surface area contributed by atoms with Gasteiger partial charge in [0.1, 0.15) is 0 Å². The Kier molecular flexibility index (Phi) is 7.13. The second-order valence-corrected chi connectivity index (χ2v) is 8.85. The number of aliphatic hydroxyl groups excluding tert-OH is 1. The van der Waals surface area contributed by atoms with Crippen LogP contribution in [0.4, 0.5) is 20.2 Å². The molecule has 150 valence electrons. The quantitative estimate of drug-likeness (QED) is 0.242. The Morgan fingerprint density at radius 2 is 2.07 bits per heavy atom. The SMILES string of the molecule is O=C(NOCC1CC1CO)c1cc(Br)c(F)c(F)c1Nc1ccc(I)cc1Cl. The van der Waals surface area contributed by atoms with Gasteiger partial charge in [0.05, 0.1) is 33.0 Å². The Balaban J connectivity index is 1.82. The van der Waals surface area contributed by atoms with Gasteiger partial charge in [-0.1, -0.05) is 11.6 Å². The van der Waals surface area contributed by atoms with Crippen molar-refractivity contribution in [2.24, 2.45) is 11.8 Å². The molecular weight excluding hydrogens is 572 g/mol. The highest BCUT2D eigenvalue weighted by Gasteiger charge is 2.36. The fourth-order valence-electron chi connectivity index (χ4n) is 2.63. The predicted octanol–water partition coefficient (Wildman–Crippen LogP) is 5.02. The summed E-state index contributed by atoms with van der Waals surface area (Å²) < 4.78 is 29.3. The van der Waals surface area contributed by atoms with Crippen LogP contribution in [-0.2, 0) is 4.84 Å². The molecule has 1 fully saturated rings. The molecule has 0 spiro atoms. The van der Waals surface area contributed by atoms with Crippen LogP contribution in [0.1, 0.15) is 16.8 Å². The second-order valence-electron chi connectivity index (χ2n) is 6.34. The van der Waals surface area contributed by atoms with E-state index in [9.17, 15) is 13.6 Å². The van der Waals surface area contributed by atoms with Gasteiger partial charge in [-0.2, -0.15) is 0 Å². The number of rotatable bonds is 7. The van der Waals surface area contributed by atoms with E-state index in [1.165, 1.54) is 0 Å². The maximum atomic E-state index is 14.6. The van der Waals surface area contributed by atoms with Crippen molar-refractivity contribution in [2.75, 3.05) is 18.5 Å². The monoisotopic (exact) mass is 586 g/mol. The van der Waals surface area contributed by atoms with Crippen molar-refractivity contribution >= 4 is 67.4 Å². The molecule has 0 bridgehead atoms. The molecule has 5 nitrogen and oxygen atoms in total. The number of carbonyl (C=O) groups is 1. The van der Waals surface area contributed by atoms with E-state index in [4.69, 9.17) is 21.5 Å². The molecule has 2 atom stereocenters. The van der Waals surface area contributed by atoms with Crippen LogP contribution in [0.5, 0.6) is 0 Å². The zero-order valence-electron chi connectivity index (χ0n) is 14.2. The normalized spacial score (nSPS) is 18.1. The number of amides is 1. The van der Waals surface area contributed by atoms with Gasteiger partial charge in [0, 0.05) is 10.2 Å². The van der Waals surface area contributed by atoms with Gasteiger partial charge in [-0.05, 0) is 81.0 Å². The first-order chi connectivity index (χ1) is 13.3. The number of nitrogens with one attached hydrogen (secondary N) is 2. The minimum Gasteiger partial charge on any atom is -0.396 e. The van der Waals surface area contributed by atoms with Crippen LogP contribution in [0.2, 0.25) is 5.02 Å². The maximum absolute atomic E-state index is 14.6. The van der Waals surface area contributed by atoms with Gasteiger partial charge in [0.15, 0.2) is 11.6 Å². The molecule has 1 amide bonds. The molecule has 0 aromatic heterocycles. The summed E-state index contributed by atoms with van der Waals surface area (Å²) >= 11 is 11.1. The molecule has 1 saturated carbocycles. The van der Waals surface area contributed by atoms with E-state index in [-0.39, 0.29) is 40.8 Å². The number of hydrogen-bond acceptors (Lipinski definition) is 4. The van der Waals surface area contributed by atoms with E-state index in [1.807, 2.05) is 0 Å². The van der Waals surface area contributed by atoms with Crippen molar-refractivity contribution in [1.82, 2.24) is 5.48 Å². The fraction of sp³-hybridized carbons (Fsp3) is 0.278. The molecule has 3 rings (SSSR count). The Bertz CT molecular complexity index is 919. The summed E-state index contributed by atoms with van der Waals surface area (Å²) in [4.78, 5) is 17.7. The third-order valence-electron chi connectivity index (χ3n) is 4.36. The van der Waals surface area contributed by atoms with E-state index in [2.05, 4.69) is 49.3 Å². The smallest absolute Gasteiger partial charge is 0.277 e. The summed E-state index contributed by atoms with van der Waals surface area (Å²) in [6.07, 6.45) is 0.821. The van der Waals surface area contributed by atoms with Crippen LogP contribution in [-0.4, -0.2) is 24.2 Å². The summed E-state index contributed by atoms with van der Waals surface area (Å²) in [5.41, 5.74) is 2.04. The summed E-state index contributed by atoms with van der Waals surface area (Å²) in [7, 11) is 0. The van der Waals surface area contributed by atoms with Crippen LogP contribution >= 0.6 is 50.1 Å². The Labute approximate surface area is 187 Å². The van der Waals surface area contributed by atoms with Crippen molar-refractivity contribution in [1.29, 1.82) is 0 Å². The van der Waals surface area contributed by atoms with E-state index in [1.54, 1.807) is 18.2 Å². The maximum Gasteiger partial charge on any atom is 0.277 e. The van der Waals surface area contributed by atoms with Gasteiger partial charge in [0.25, 0.3) is 5.91 Å². The van der Waals surface area contributed by atoms with Crippen molar-refractivity contribution in [3.05, 3.63) is 54.5 Å². The largest absolute Gasteiger partial charge is 0.396 e. The highest BCUT2D eigenvalue weighted by Crippen LogP contribution is 2.38. The first kappa shape index (κ1) is 21.7. The third-order valence-corrected chi connectivity index (χ3v) is 5.92. The Morgan fingerprint density at radius 3 is 2.71 bits per heavy atom.